The molecule has 1 aromatic carbocycles. The van der Waals surface area contributed by atoms with Gasteiger partial charge in [-0.3, -0.25) is 0 Å². The Morgan fingerprint density at radius 3 is 2.71 bits per heavy atom. The van der Waals surface area contributed by atoms with Crippen molar-refractivity contribution in [2.24, 2.45) is 0 Å². The van der Waals surface area contributed by atoms with Crippen LogP contribution in [0.25, 0.3) is 0 Å². The Kier molecular flexibility index (Phi) is 4.54. The molecule has 4 heteroatoms. The summed E-state index contributed by atoms with van der Waals surface area (Å²) in [5.74, 6) is 0. The van der Waals surface area contributed by atoms with Crippen LogP contribution < -0.4 is 5.32 Å². The fourth-order valence-corrected chi connectivity index (χ4v) is 2.33. The summed E-state index contributed by atoms with van der Waals surface area (Å²) in [6.45, 7) is 3.83. The van der Waals surface area contributed by atoms with Crippen molar-refractivity contribution in [2.45, 2.75) is 19.9 Å². The molecule has 90 valence electrons. The summed E-state index contributed by atoms with van der Waals surface area (Å²) in [6, 6.07) is 8.00. The molecule has 0 fully saturated rings. The Balaban J connectivity index is 1.71. The molecule has 0 saturated heterocycles. The van der Waals surface area contributed by atoms with Crippen molar-refractivity contribution in [3.05, 3.63) is 50.9 Å². The number of hydrogen-bond donors (Lipinski definition) is 1. The second kappa shape index (κ2) is 6.15. The lowest BCUT2D eigenvalue weighted by molar-refractivity contribution is 0.676. The van der Waals surface area contributed by atoms with Gasteiger partial charge >= 0.3 is 0 Å². The first kappa shape index (κ1) is 12.6. The van der Waals surface area contributed by atoms with E-state index in [1.54, 1.807) is 11.3 Å². The molecule has 2 aromatic rings. The molecule has 1 heterocycles. The van der Waals surface area contributed by atoms with Gasteiger partial charge in [0.15, 0.2) is 0 Å². The van der Waals surface area contributed by atoms with Crippen LogP contribution in [0.4, 0.5) is 0 Å². The second-order valence-corrected chi connectivity index (χ2v) is 5.41. The topological polar surface area (TPSA) is 24.9 Å². The molecule has 0 atom stereocenters. The van der Waals surface area contributed by atoms with Gasteiger partial charge in [0.25, 0.3) is 0 Å². The molecule has 0 spiro atoms. The summed E-state index contributed by atoms with van der Waals surface area (Å²) in [4.78, 5) is 4.41. The SMILES string of the molecule is Cc1nc(CNCCc2ccc(Cl)cc2)cs1. The molecule has 0 aliphatic carbocycles. The predicted molar refractivity (Wildman–Crippen MR) is 73.7 cm³/mol. The number of hydrogen-bond acceptors (Lipinski definition) is 3. The van der Waals surface area contributed by atoms with Crippen molar-refractivity contribution >= 4 is 22.9 Å². The first-order valence-electron chi connectivity index (χ1n) is 5.60. The van der Waals surface area contributed by atoms with Crippen LogP contribution in [-0.2, 0) is 13.0 Å². The maximum Gasteiger partial charge on any atom is 0.0897 e. The highest BCUT2D eigenvalue weighted by Crippen LogP contribution is 2.10. The third-order valence-corrected chi connectivity index (χ3v) is 3.55. The van der Waals surface area contributed by atoms with Crippen molar-refractivity contribution in [2.75, 3.05) is 6.54 Å². The molecule has 0 unspecified atom stereocenters. The lowest BCUT2D eigenvalue weighted by Gasteiger charge is -2.03. The van der Waals surface area contributed by atoms with Crippen molar-refractivity contribution < 1.29 is 0 Å². The van der Waals surface area contributed by atoms with Crippen LogP contribution in [0, 0.1) is 6.92 Å². The molecule has 0 aliphatic rings. The normalized spacial score (nSPS) is 10.7. The van der Waals surface area contributed by atoms with Gasteiger partial charge in [-0.25, -0.2) is 4.98 Å². The monoisotopic (exact) mass is 266 g/mol. The van der Waals surface area contributed by atoms with Gasteiger partial charge in [0, 0.05) is 16.9 Å². The largest absolute Gasteiger partial charge is 0.311 e. The van der Waals surface area contributed by atoms with E-state index in [2.05, 4.69) is 27.8 Å². The number of rotatable bonds is 5. The molecule has 1 aromatic heterocycles. The number of aryl methyl sites for hydroxylation is 1. The third kappa shape index (κ3) is 4.11. The van der Waals surface area contributed by atoms with E-state index in [-0.39, 0.29) is 0 Å². The van der Waals surface area contributed by atoms with E-state index in [1.807, 2.05) is 19.1 Å². The van der Waals surface area contributed by atoms with E-state index < -0.39 is 0 Å². The van der Waals surface area contributed by atoms with Gasteiger partial charge in [-0.1, -0.05) is 23.7 Å². The van der Waals surface area contributed by atoms with Crippen LogP contribution in [0.5, 0.6) is 0 Å². The summed E-state index contributed by atoms with van der Waals surface area (Å²) in [5.41, 5.74) is 2.43. The van der Waals surface area contributed by atoms with Gasteiger partial charge in [0.1, 0.15) is 0 Å². The quantitative estimate of drug-likeness (QED) is 0.839. The van der Waals surface area contributed by atoms with E-state index in [0.717, 1.165) is 35.2 Å². The molecule has 0 saturated carbocycles. The number of halogens is 1. The van der Waals surface area contributed by atoms with Gasteiger partial charge in [-0.05, 0) is 37.6 Å². The van der Waals surface area contributed by atoms with E-state index in [1.165, 1.54) is 5.56 Å². The molecular weight excluding hydrogens is 252 g/mol. The Hall–Kier alpha value is -0.900. The summed E-state index contributed by atoms with van der Waals surface area (Å²) >= 11 is 7.53. The summed E-state index contributed by atoms with van der Waals surface area (Å²) in [7, 11) is 0. The highest BCUT2D eigenvalue weighted by molar-refractivity contribution is 7.09. The minimum atomic E-state index is 0.791. The van der Waals surface area contributed by atoms with Crippen molar-refractivity contribution in [3.63, 3.8) is 0 Å². The molecule has 1 N–H and O–H groups in total. The fraction of sp³-hybridized carbons (Fsp3) is 0.308. The maximum atomic E-state index is 5.83. The number of benzene rings is 1. The van der Waals surface area contributed by atoms with Crippen LogP contribution in [0.1, 0.15) is 16.3 Å². The zero-order valence-corrected chi connectivity index (χ0v) is 11.3. The van der Waals surface area contributed by atoms with Crippen LogP contribution in [-0.4, -0.2) is 11.5 Å². The molecule has 2 nitrogen and oxygen atoms in total. The van der Waals surface area contributed by atoms with Gasteiger partial charge < -0.3 is 5.32 Å². The smallest absolute Gasteiger partial charge is 0.0897 e. The first-order valence-corrected chi connectivity index (χ1v) is 6.86. The number of nitrogens with zero attached hydrogens (tertiary/aromatic N) is 1. The minimum Gasteiger partial charge on any atom is -0.311 e. The van der Waals surface area contributed by atoms with Gasteiger partial charge in [-0.15, -0.1) is 11.3 Å². The number of aromatic nitrogens is 1. The molecule has 0 radical (unpaired) electrons. The highest BCUT2D eigenvalue weighted by atomic mass is 35.5. The predicted octanol–water partition coefficient (Wildman–Crippen LogP) is 3.44. The highest BCUT2D eigenvalue weighted by Gasteiger charge is 1.98. The molecule has 0 amide bonds. The fourth-order valence-electron chi connectivity index (χ4n) is 1.59. The number of thiazole rings is 1. The van der Waals surface area contributed by atoms with E-state index in [9.17, 15) is 0 Å². The van der Waals surface area contributed by atoms with Crippen LogP contribution in [0.3, 0.4) is 0 Å². The van der Waals surface area contributed by atoms with Crippen LogP contribution in [0.2, 0.25) is 5.02 Å². The van der Waals surface area contributed by atoms with Gasteiger partial charge in [0.2, 0.25) is 0 Å². The standard InChI is InChI=1S/C13H15ClN2S/c1-10-16-13(9-17-10)8-15-7-6-11-2-4-12(14)5-3-11/h2-5,9,15H,6-8H2,1H3. The average molecular weight is 267 g/mol. The Bertz CT molecular complexity index is 465. The Morgan fingerprint density at radius 2 is 2.06 bits per heavy atom. The molecule has 0 bridgehead atoms. The van der Waals surface area contributed by atoms with Crippen molar-refractivity contribution in [3.8, 4) is 0 Å². The van der Waals surface area contributed by atoms with Crippen molar-refractivity contribution in [1.29, 1.82) is 0 Å². The lowest BCUT2D eigenvalue weighted by Crippen LogP contribution is -2.16. The van der Waals surface area contributed by atoms with Crippen molar-refractivity contribution in [1.82, 2.24) is 10.3 Å². The zero-order valence-electron chi connectivity index (χ0n) is 9.74. The zero-order chi connectivity index (χ0) is 12.1. The third-order valence-electron chi connectivity index (χ3n) is 2.48. The van der Waals surface area contributed by atoms with Gasteiger partial charge in [-0.2, -0.15) is 0 Å². The Labute approximate surface area is 111 Å². The lowest BCUT2D eigenvalue weighted by atomic mass is 10.1. The van der Waals surface area contributed by atoms with Crippen LogP contribution >= 0.6 is 22.9 Å². The number of nitrogens with one attached hydrogen (secondary N) is 1. The maximum absolute atomic E-state index is 5.83. The molecular formula is C13H15ClN2S. The molecule has 17 heavy (non-hydrogen) atoms. The average Bonchev–Trinajstić information content (AvgIpc) is 2.73. The summed E-state index contributed by atoms with van der Waals surface area (Å²) in [5, 5.41) is 7.41. The van der Waals surface area contributed by atoms with E-state index >= 15 is 0 Å². The van der Waals surface area contributed by atoms with Gasteiger partial charge in [0.05, 0.1) is 10.7 Å². The van der Waals surface area contributed by atoms with E-state index in [4.69, 9.17) is 11.6 Å². The summed E-state index contributed by atoms with van der Waals surface area (Å²) < 4.78 is 0. The minimum absolute atomic E-state index is 0.791. The van der Waals surface area contributed by atoms with E-state index in [0.29, 0.717) is 0 Å². The molecule has 0 aliphatic heterocycles. The first-order chi connectivity index (χ1) is 8.24. The Morgan fingerprint density at radius 1 is 1.29 bits per heavy atom. The van der Waals surface area contributed by atoms with Crippen LogP contribution in [0.15, 0.2) is 29.6 Å². The molecule has 2 rings (SSSR count). The second-order valence-electron chi connectivity index (χ2n) is 3.91. The summed E-state index contributed by atoms with van der Waals surface area (Å²) in [6.07, 6.45) is 1.01.